The normalized spacial score (nSPS) is 29.0. The number of ether oxygens (including phenoxy) is 1. The first-order valence-corrected chi connectivity index (χ1v) is 6.43. The molecule has 0 saturated carbocycles. The highest BCUT2D eigenvalue weighted by atomic mass is 19.1. The summed E-state index contributed by atoms with van der Waals surface area (Å²) in [7, 11) is 0. The lowest BCUT2D eigenvalue weighted by Gasteiger charge is -2.19. The fraction of sp³-hybridized carbons (Fsp3) is 0.667. The van der Waals surface area contributed by atoms with Crippen LogP contribution in [0.1, 0.15) is 11.8 Å². The van der Waals surface area contributed by atoms with Gasteiger partial charge < -0.3 is 20.1 Å². The third-order valence-corrected chi connectivity index (χ3v) is 3.47. The molecule has 0 amide bonds. The zero-order valence-electron chi connectivity index (χ0n) is 11.3. The number of hydrogen-bond donors (Lipinski definition) is 3. The second kappa shape index (κ2) is 6.06. The first-order valence-electron chi connectivity index (χ1n) is 6.43. The molecule has 2 unspecified atom stereocenters. The molecule has 3 N–H and O–H groups in total. The molecule has 4 atom stereocenters. The van der Waals surface area contributed by atoms with Crippen LogP contribution in [0, 0.1) is 6.92 Å². The molecule has 1 aliphatic heterocycles. The highest BCUT2D eigenvalue weighted by molar-refractivity contribution is 5.05. The second-order valence-corrected chi connectivity index (χ2v) is 4.88. The molecule has 1 aromatic rings. The van der Waals surface area contributed by atoms with E-state index >= 15 is 0 Å². The van der Waals surface area contributed by atoms with Gasteiger partial charge in [0.1, 0.15) is 25.0 Å². The summed E-state index contributed by atoms with van der Waals surface area (Å²) in [5.41, 5.74) is -1.31. The van der Waals surface area contributed by atoms with Crippen molar-refractivity contribution in [2.24, 2.45) is 0 Å². The summed E-state index contributed by atoms with van der Waals surface area (Å²) in [4.78, 5) is 24.0. The van der Waals surface area contributed by atoms with Crippen LogP contribution in [0.25, 0.3) is 0 Å². The van der Waals surface area contributed by atoms with Gasteiger partial charge in [0.05, 0.1) is 13.2 Å². The fourth-order valence-corrected chi connectivity index (χ4v) is 2.33. The van der Waals surface area contributed by atoms with Crippen molar-refractivity contribution in [2.45, 2.75) is 38.0 Å². The number of aliphatic hydroxyl groups is 3. The molecule has 0 aromatic carbocycles. The van der Waals surface area contributed by atoms with Crippen molar-refractivity contribution in [1.82, 2.24) is 9.13 Å². The highest BCUT2D eigenvalue weighted by Gasteiger charge is 2.44. The van der Waals surface area contributed by atoms with E-state index in [9.17, 15) is 24.2 Å². The van der Waals surface area contributed by atoms with Gasteiger partial charge in [-0.25, -0.2) is 9.18 Å². The van der Waals surface area contributed by atoms with Crippen molar-refractivity contribution >= 4 is 0 Å². The molecule has 9 heteroatoms. The van der Waals surface area contributed by atoms with Gasteiger partial charge in [-0.15, -0.1) is 0 Å². The Morgan fingerprint density at radius 3 is 2.52 bits per heavy atom. The number of nitrogens with zero attached hydrogens (tertiary/aromatic N) is 2. The standard InChI is InChI=1S/C12H17FN2O6/c1-6-4-15(12(20)14(3-2-13)10(6)19)11-9(18)8(17)7(5-16)21-11/h4,7-9,11,16-18H,2-3,5H2,1H3/t7-,8?,9?,11-/m1/s1. The van der Waals surface area contributed by atoms with Crippen molar-refractivity contribution in [3.05, 3.63) is 32.6 Å². The van der Waals surface area contributed by atoms with E-state index in [1.54, 1.807) is 0 Å². The molecule has 1 fully saturated rings. The summed E-state index contributed by atoms with van der Waals surface area (Å²) in [6, 6.07) is 0. The minimum absolute atomic E-state index is 0.167. The largest absolute Gasteiger partial charge is 0.394 e. The van der Waals surface area contributed by atoms with E-state index in [4.69, 9.17) is 9.84 Å². The van der Waals surface area contributed by atoms with E-state index in [1.807, 2.05) is 0 Å². The highest BCUT2D eigenvalue weighted by Crippen LogP contribution is 2.27. The summed E-state index contributed by atoms with van der Waals surface area (Å²) in [5, 5.41) is 28.6. The summed E-state index contributed by atoms with van der Waals surface area (Å²) in [6.07, 6.45) is -3.93. The Bertz CT molecular complexity index is 627. The molecular weight excluding hydrogens is 287 g/mol. The number of hydrogen-bond acceptors (Lipinski definition) is 6. The summed E-state index contributed by atoms with van der Waals surface area (Å²) in [5.74, 6) is 0. The second-order valence-electron chi connectivity index (χ2n) is 4.88. The van der Waals surface area contributed by atoms with Crippen LogP contribution >= 0.6 is 0 Å². The fourth-order valence-electron chi connectivity index (χ4n) is 2.33. The molecule has 1 saturated heterocycles. The number of halogens is 1. The van der Waals surface area contributed by atoms with Crippen molar-refractivity contribution in [3.63, 3.8) is 0 Å². The van der Waals surface area contributed by atoms with Crippen LogP contribution < -0.4 is 11.2 Å². The van der Waals surface area contributed by atoms with Gasteiger partial charge in [0.25, 0.3) is 5.56 Å². The topological polar surface area (TPSA) is 114 Å². The van der Waals surface area contributed by atoms with Crippen LogP contribution in [-0.4, -0.2) is 56.0 Å². The van der Waals surface area contributed by atoms with Crippen molar-refractivity contribution in [2.75, 3.05) is 13.3 Å². The lowest BCUT2D eigenvalue weighted by atomic mass is 10.1. The number of rotatable bonds is 4. The number of aliphatic hydroxyl groups excluding tert-OH is 3. The van der Waals surface area contributed by atoms with E-state index in [2.05, 4.69) is 0 Å². The van der Waals surface area contributed by atoms with Gasteiger partial charge in [0, 0.05) is 11.8 Å². The molecule has 118 valence electrons. The van der Waals surface area contributed by atoms with Gasteiger partial charge in [0.2, 0.25) is 0 Å². The summed E-state index contributed by atoms with van der Waals surface area (Å²) < 4.78 is 19.3. The van der Waals surface area contributed by atoms with E-state index in [1.165, 1.54) is 13.1 Å². The Labute approximate surface area is 118 Å². The van der Waals surface area contributed by atoms with Crippen LogP contribution in [0.2, 0.25) is 0 Å². The third kappa shape index (κ3) is 2.64. The number of aryl methyl sites for hydroxylation is 1. The summed E-state index contributed by atoms with van der Waals surface area (Å²) >= 11 is 0. The average Bonchev–Trinajstić information content (AvgIpc) is 2.75. The van der Waals surface area contributed by atoms with E-state index < -0.39 is 55.6 Å². The van der Waals surface area contributed by atoms with E-state index in [0.717, 1.165) is 4.57 Å². The van der Waals surface area contributed by atoms with Crippen molar-refractivity contribution < 1.29 is 24.4 Å². The molecular formula is C12H17FN2O6. The predicted molar refractivity (Wildman–Crippen MR) is 68.7 cm³/mol. The Morgan fingerprint density at radius 2 is 2.00 bits per heavy atom. The SMILES string of the molecule is Cc1cn([C@@H]2O[C@H](CO)C(O)C2O)c(=O)n(CCF)c1=O. The zero-order chi connectivity index (χ0) is 15.7. The van der Waals surface area contributed by atoms with Gasteiger partial charge in [-0.05, 0) is 6.92 Å². The lowest BCUT2D eigenvalue weighted by molar-refractivity contribution is -0.0557. The molecule has 0 spiro atoms. The third-order valence-electron chi connectivity index (χ3n) is 3.47. The van der Waals surface area contributed by atoms with Gasteiger partial charge >= 0.3 is 5.69 Å². The lowest BCUT2D eigenvalue weighted by Crippen LogP contribution is -2.44. The molecule has 0 aliphatic carbocycles. The minimum atomic E-state index is -1.45. The van der Waals surface area contributed by atoms with Crippen molar-refractivity contribution in [3.8, 4) is 0 Å². The molecule has 21 heavy (non-hydrogen) atoms. The van der Waals surface area contributed by atoms with Crippen LogP contribution in [0.15, 0.2) is 15.8 Å². The molecule has 1 aliphatic rings. The Balaban J connectivity index is 2.50. The molecule has 0 bridgehead atoms. The van der Waals surface area contributed by atoms with Crippen molar-refractivity contribution in [1.29, 1.82) is 0 Å². The van der Waals surface area contributed by atoms with Gasteiger partial charge in [-0.2, -0.15) is 0 Å². The molecule has 8 nitrogen and oxygen atoms in total. The van der Waals surface area contributed by atoms with E-state index in [0.29, 0.717) is 4.57 Å². The van der Waals surface area contributed by atoms with E-state index in [-0.39, 0.29) is 5.56 Å². The van der Waals surface area contributed by atoms with Gasteiger partial charge in [-0.1, -0.05) is 0 Å². The maximum atomic E-state index is 12.5. The first-order chi connectivity index (χ1) is 9.92. The monoisotopic (exact) mass is 304 g/mol. The predicted octanol–water partition coefficient (Wildman–Crippen LogP) is -2.10. The first kappa shape index (κ1) is 15.8. The Morgan fingerprint density at radius 1 is 1.33 bits per heavy atom. The van der Waals surface area contributed by atoms with Crippen LogP contribution in [0.5, 0.6) is 0 Å². The number of aromatic nitrogens is 2. The Hall–Kier alpha value is -1.55. The minimum Gasteiger partial charge on any atom is -0.394 e. The maximum absolute atomic E-state index is 12.5. The van der Waals surface area contributed by atoms with Crippen LogP contribution in [0.4, 0.5) is 4.39 Å². The maximum Gasteiger partial charge on any atom is 0.333 e. The van der Waals surface area contributed by atoms with Gasteiger partial charge in [0.15, 0.2) is 6.23 Å². The zero-order valence-corrected chi connectivity index (χ0v) is 11.3. The summed E-state index contributed by atoms with van der Waals surface area (Å²) in [6.45, 7) is -0.399. The van der Waals surface area contributed by atoms with Gasteiger partial charge in [-0.3, -0.25) is 13.9 Å². The smallest absolute Gasteiger partial charge is 0.333 e. The molecule has 1 aromatic heterocycles. The van der Waals surface area contributed by atoms with Crippen LogP contribution in [0.3, 0.4) is 0 Å². The average molecular weight is 304 g/mol. The molecule has 2 rings (SSSR count). The Kier molecular flexibility index (Phi) is 4.57. The molecule has 0 radical (unpaired) electrons. The molecule has 2 heterocycles. The number of alkyl halides is 1. The quantitative estimate of drug-likeness (QED) is 0.587. The van der Waals surface area contributed by atoms with Crippen LogP contribution in [-0.2, 0) is 11.3 Å².